The van der Waals surface area contributed by atoms with Crippen molar-refractivity contribution in [1.82, 2.24) is 5.32 Å². The van der Waals surface area contributed by atoms with E-state index in [-0.39, 0.29) is 5.91 Å². The summed E-state index contributed by atoms with van der Waals surface area (Å²) in [6, 6.07) is 27.9. The molecule has 3 N–H and O–H groups in total. The molecule has 0 aliphatic rings. The topological polar surface area (TPSA) is 81.4 Å². The number of halogens is 3. The zero-order chi connectivity index (χ0) is 36.5. The van der Waals surface area contributed by atoms with Crippen LogP contribution in [0.1, 0.15) is 39.0 Å². The largest absolute Gasteiger partial charge is 0.416 e. The second-order valence-electron chi connectivity index (χ2n) is 9.75. The van der Waals surface area contributed by atoms with Crippen LogP contribution < -0.4 is 11.1 Å². The van der Waals surface area contributed by atoms with Crippen molar-refractivity contribution in [2.45, 2.75) is 25.9 Å². The highest BCUT2D eigenvalue weighted by molar-refractivity contribution is 7.15. The number of ether oxygens (including phenoxy) is 1. The number of carbonyl (C=O) groups is 2. The predicted octanol–water partition coefficient (Wildman–Crippen LogP) is 9.59. The Hall–Kier alpha value is -4.78. The fourth-order valence-corrected chi connectivity index (χ4v) is 3.94. The maximum Gasteiger partial charge on any atom is 0.416 e. The van der Waals surface area contributed by atoms with Gasteiger partial charge in [-0.3, -0.25) is 4.79 Å². The summed E-state index contributed by atoms with van der Waals surface area (Å²) in [5.74, 6) is -0.372. The molecule has 0 fully saturated rings. The smallest absolute Gasteiger partial charge is 0.399 e. The Morgan fingerprint density at radius 3 is 1.98 bits per heavy atom. The number of amides is 1. The van der Waals surface area contributed by atoms with Crippen molar-refractivity contribution in [2.24, 2.45) is 0 Å². The molecule has 0 aromatic heterocycles. The standard InChI is InChI=1S/C24H18F3NO.C11H15N.C2H6O.CH2O.CH5P/c1-2-22(16-17-7-6-10-21(15-17)24(25,26)27)28-23(29)20-13-11-19(12-14-20)18-8-4-3-5-9-18;1-3-4-5-10-6-7-11(12)9(2)8-10;1-3-2;2*1-2/h2-16H,1H2,(H,28,29);3,6-8H,1,4-5,12H2,2H3;1-2H3;1H2;2H2,1H3/b22-16+;;;;. The summed E-state index contributed by atoms with van der Waals surface area (Å²) in [4.78, 5) is 20.5. The van der Waals surface area contributed by atoms with Crippen LogP contribution in [0.2, 0.25) is 0 Å². The van der Waals surface area contributed by atoms with Gasteiger partial charge in [0.2, 0.25) is 0 Å². The molecule has 4 aromatic rings. The highest BCUT2D eigenvalue weighted by Crippen LogP contribution is 2.30. The molecule has 1 amide bonds. The lowest BCUT2D eigenvalue weighted by Gasteiger charge is -2.09. The second kappa shape index (κ2) is 24.4. The maximum atomic E-state index is 12.9. The van der Waals surface area contributed by atoms with Gasteiger partial charge in [0, 0.05) is 31.2 Å². The van der Waals surface area contributed by atoms with Crippen LogP contribution in [0.25, 0.3) is 17.2 Å². The first kappa shape index (κ1) is 43.2. The van der Waals surface area contributed by atoms with Crippen molar-refractivity contribution in [3.8, 4) is 11.1 Å². The molecule has 1 unspecified atom stereocenters. The van der Waals surface area contributed by atoms with E-state index in [1.807, 2.05) is 75.0 Å². The second-order valence-corrected chi connectivity index (χ2v) is 9.75. The van der Waals surface area contributed by atoms with Crippen molar-refractivity contribution in [2.75, 3.05) is 26.6 Å². The Balaban J connectivity index is 0.000000965. The average Bonchev–Trinajstić information content (AvgIpc) is 3.11. The van der Waals surface area contributed by atoms with E-state index in [1.54, 1.807) is 26.4 Å². The van der Waals surface area contributed by atoms with E-state index in [9.17, 15) is 18.0 Å². The van der Waals surface area contributed by atoms with Crippen LogP contribution in [0.15, 0.2) is 128 Å². The number of allylic oxidation sites excluding steroid dienone is 2. The summed E-state index contributed by atoms with van der Waals surface area (Å²) >= 11 is 0. The van der Waals surface area contributed by atoms with Crippen LogP contribution in [0.5, 0.6) is 0 Å². The molecule has 0 aliphatic carbocycles. The van der Waals surface area contributed by atoms with Gasteiger partial charge in [-0.2, -0.15) is 13.2 Å². The summed E-state index contributed by atoms with van der Waals surface area (Å²) in [5.41, 5.74) is 11.4. The van der Waals surface area contributed by atoms with Gasteiger partial charge in [-0.25, -0.2) is 0 Å². The molecule has 0 saturated heterocycles. The fourth-order valence-electron chi connectivity index (χ4n) is 3.94. The molecule has 0 aliphatic heterocycles. The van der Waals surface area contributed by atoms with E-state index in [4.69, 9.17) is 10.5 Å². The number of hydrogen-bond donors (Lipinski definition) is 2. The Morgan fingerprint density at radius 1 is 0.875 bits per heavy atom. The monoisotopic (exact) mass is 678 g/mol. The number of benzene rings is 4. The van der Waals surface area contributed by atoms with E-state index in [2.05, 4.69) is 44.6 Å². The molecular formula is C39H46F3N2O3P. The minimum absolute atomic E-state index is 0.307. The molecule has 256 valence electrons. The first-order chi connectivity index (χ1) is 23.0. The van der Waals surface area contributed by atoms with Gasteiger partial charge in [-0.05, 0) is 90.1 Å². The molecule has 0 radical (unpaired) electrons. The zero-order valence-corrected chi connectivity index (χ0v) is 29.2. The van der Waals surface area contributed by atoms with Crippen LogP contribution in [0.4, 0.5) is 18.9 Å². The maximum absolute atomic E-state index is 12.9. The predicted molar refractivity (Wildman–Crippen MR) is 199 cm³/mol. The van der Waals surface area contributed by atoms with Gasteiger partial charge in [0.25, 0.3) is 5.91 Å². The van der Waals surface area contributed by atoms with E-state index in [0.717, 1.165) is 47.4 Å². The Morgan fingerprint density at radius 2 is 1.46 bits per heavy atom. The first-order valence-corrected chi connectivity index (χ1v) is 15.9. The van der Waals surface area contributed by atoms with Crippen LogP contribution in [0, 0.1) is 6.92 Å². The molecule has 0 bridgehead atoms. The quantitative estimate of drug-likeness (QED) is 0.0842. The summed E-state index contributed by atoms with van der Waals surface area (Å²) in [6.45, 7) is 13.3. The number of nitrogens with two attached hydrogens (primary N) is 1. The zero-order valence-electron chi connectivity index (χ0n) is 28.0. The third-order valence-corrected chi connectivity index (χ3v) is 6.24. The summed E-state index contributed by atoms with van der Waals surface area (Å²) in [7, 11) is 5.67. The lowest BCUT2D eigenvalue weighted by molar-refractivity contribution is -0.137. The molecule has 48 heavy (non-hydrogen) atoms. The molecule has 5 nitrogen and oxygen atoms in total. The average molecular weight is 679 g/mol. The lowest BCUT2D eigenvalue weighted by atomic mass is 10.0. The van der Waals surface area contributed by atoms with Crippen LogP contribution in [-0.2, 0) is 22.1 Å². The van der Waals surface area contributed by atoms with E-state index < -0.39 is 11.7 Å². The minimum Gasteiger partial charge on any atom is -0.399 e. The molecule has 0 heterocycles. The molecule has 4 rings (SSSR count). The molecule has 4 aromatic carbocycles. The fraction of sp³-hybridized carbons (Fsp3) is 0.179. The van der Waals surface area contributed by atoms with Gasteiger partial charge in [0.1, 0.15) is 6.79 Å². The number of anilines is 1. The number of carbonyl (C=O) groups excluding carboxylic acids is 2. The Labute approximate surface area is 285 Å². The van der Waals surface area contributed by atoms with E-state index >= 15 is 0 Å². The summed E-state index contributed by atoms with van der Waals surface area (Å²) in [6.07, 6.45) is 2.43. The molecular weight excluding hydrogens is 632 g/mol. The van der Waals surface area contributed by atoms with Gasteiger partial charge in [0.15, 0.2) is 0 Å². The van der Waals surface area contributed by atoms with Gasteiger partial charge in [0.05, 0.1) is 5.56 Å². The SMILES string of the molecule is C=C/C(=C\c1cccc(C(F)(F)F)c1)NC(=O)c1ccc(-c2ccccc2)cc1.C=CCCc1ccc(N)c(C)c1.C=O.COC.CP. The molecule has 1 atom stereocenters. The number of methoxy groups -OCH3 is 1. The van der Waals surface area contributed by atoms with Crippen LogP contribution in [-0.4, -0.2) is 33.6 Å². The molecule has 9 heteroatoms. The van der Waals surface area contributed by atoms with Crippen molar-refractivity contribution in [3.63, 3.8) is 0 Å². The van der Waals surface area contributed by atoms with Gasteiger partial charge in [-0.15, -0.1) is 15.8 Å². The van der Waals surface area contributed by atoms with Crippen molar-refractivity contribution in [3.05, 3.63) is 156 Å². The number of nitrogens with one attached hydrogen (secondary N) is 1. The highest BCUT2D eigenvalue weighted by atomic mass is 31.0. The van der Waals surface area contributed by atoms with Crippen molar-refractivity contribution in [1.29, 1.82) is 0 Å². The van der Waals surface area contributed by atoms with Gasteiger partial charge >= 0.3 is 6.18 Å². The number of aryl methyl sites for hydroxylation is 2. The Bertz CT molecular complexity index is 1560. The number of alkyl halides is 3. The van der Waals surface area contributed by atoms with E-state index in [0.29, 0.717) is 16.8 Å². The third-order valence-electron chi connectivity index (χ3n) is 6.24. The van der Waals surface area contributed by atoms with Crippen molar-refractivity contribution < 1.29 is 27.5 Å². The minimum atomic E-state index is -4.43. The number of rotatable bonds is 8. The number of hydrogen-bond acceptors (Lipinski definition) is 4. The number of nitrogen functional groups attached to an aromatic ring is 1. The highest BCUT2D eigenvalue weighted by Gasteiger charge is 2.30. The lowest BCUT2D eigenvalue weighted by Crippen LogP contribution is -2.21. The van der Waals surface area contributed by atoms with Crippen LogP contribution >= 0.6 is 9.24 Å². The van der Waals surface area contributed by atoms with Crippen LogP contribution in [0.3, 0.4) is 0 Å². The third kappa shape index (κ3) is 16.2. The van der Waals surface area contributed by atoms with E-state index in [1.165, 1.54) is 29.8 Å². The molecule has 0 saturated carbocycles. The summed E-state index contributed by atoms with van der Waals surface area (Å²) < 4.78 is 42.8. The normalized spacial score (nSPS) is 10.1. The van der Waals surface area contributed by atoms with Gasteiger partial charge in [-0.1, -0.05) is 86.0 Å². The van der Waals surface area contributed by atoms with Gasteiger partial charge < -0.3 is 20.6 Å². The Kier molecular flexibility index (Phi) is 22.0. The summed E-state index contributed by atoms with van der Waals surface area (Å²) in [5, 5.41) is 2.67. The first-order valence-electron chi connectivity index (χ1n) is 14.7. The van der Waals surface area contributed by atoms with Crippen molar-refractivity contribution >= 4 is 33.7 Å². The molecule has 0 spiro atoms.